The monoisotopic (exact) mass is 207 g/mol. The molecule has 1 aromatic carbocycles. The van der Waals surface area contributed by atoms with Crippen molar-refractivity contribution in [3.63, 3.8) is 0 Å². The maximum Gasteiger partial charge on any atom is 0.0447 e. The van der Waals surface area contributed by atoms with Gasteiger partial charge in [-0.3, -0.25) is 0 Å². The van der Waals surface area contributed by atoms with Crippen molar-refractivity contribution in [3.05, 3.63) is 29.8 Å². The van der Waals surface area contributed by atoms with Gasteiger partial charge in [0.05, 0.1) is 0 Å². The minimum atomic E-state index is 0.252. The third-order valence-electron chi connectivity index (χ3n) is 2.44. The molecule has 2 nitrogen and oxygen atoms in total. The van der Waals surface area contributed by atoms with Gasteiger partial charge in [0.15, 0.2) is 0 Å². The van der Waals surface area contributed by atoms with Crippen LogP contribution in [0.1, 0.15) is 31.7 Å². The summed E-state index contributed by atoms with van der Waals surface area (Å²) in [5.41, 5.74) is 2.55. The zero-order valence-corrected chi connectivity index (χ0v) is 9.50. The number of benzene rings is 1. The Morgan fingerprint density at radius 1 is 1.13 bits per heavy atom. The Labute approximate surface area is 92.3 Å². The van der Waals surface area contributed by atoms with Crippen LogP contribution in [0.3, 0.4) is 0 Å². The fourth-order valence-electron chi connectivity index (χ4n) is 1.48. The zero-order valence-electron chi connectivity index (χ0n) is 9.50. The van der Waals surface area contributed by atoms with Crippen LogP contribution in [0.4, 0.5) is 5.69 Å². The van der Waals surface area contributed by atoms with Crippen molar-refractivity contribution in [2.75, 3.05) is 18.5 Å². The third kappa shape index (κ3) is 4.84. The second-order valence-corrected chi connectivity index (χ2v) is 3.80. The zero-order chi connectivity index (χ0) is 10.9. The quantitative estimate of drug-likeness (QED) is 0.674. The van der Waals surface area contributed by atoms with E-state index in [1.807, 2.05) is 0 Å². The van der Waals surface area contributed by atoms with Crippen molar-refractivity contribution in [1.82, 2.24) is 0 Å². The molecule has 1 aromatic rings. The first-order valence-corrected chi connectivity index (χ1v) is 5.80. The van der Waals surface area contributed by atoms with Gasteiger partial charge in [-0.2, -0.15) is 0 Å². The predicted molar refractivity (Wildman–Crippen MR) is 65.2 cm³/mol. The van der Waals surface area contributed by atoms with E-state index in [0.717, 1.165) is 18.7 Å². The van der Waals surface area contributed by atoms with E-state index in [2.05, 4.69) is 36.5 Å². The maximum absolute atomic E-state index is 8.65. The van der Waals surface area contributed by atoms with Gasteiger partial charge in [0.25, 0.3) is 0 Å². The summed E-state index contributed by atoms with van der Waals surface area (Å²) in [6.45, 7) is 3.30. The molecule has 2 N–H and O–H groups in total. The first-order valence-electron chi connectivity index (χ1n) is 5.80. The highest BCUT2D eigenvalue weighted by Crippen LogP contribution is 2.11. The van der Waals surface area contributed by atoms with Gasteiger partial charge in [0, 0.05) is 18.8 Å². The lowest BCUT2D eigenvalue weighted by atomic mass is 10.1. The SMILES string of the molecule is CCCCc1ccc(NCCCO)cc1. The number of nitrogens with one attached hydrogen (secondary N) is 1. The van der Waals surface area contributed by atoms with E-state index in [9.17, 15) is 0 Å². The molecule has 0 fully saturated rings. The van der Waals surface area contributed by atoms with E-state index in [1.54, 1.807) is 0 Å². The predicted octanol–water partition coefficient (Wildman–Crippen LogP) is 2.82. The molecule has 0 bridgehead atoms. The molecule has 0 aliphatic rings. The van der Waals surface area contributed by atoms with Crippen LogP contribution in [0.15, 0.2) is 24.3 Å². The van der Waals surface area contributed by atoms with E-state index < -0.39 is 0 Å². The summed E-state index contributed by atoms with van der Waals surface area (Å²) in [7, 11) is 0. The van der Waals surface area contributed by atoms with Crippen LogP contribution in [0.25, 0.3) is 0 Å². The maximum atomic E-state index is 8.65. The highest BCUT2D eigenvalue weighted by atomic mass is 16.3. The molecule has 0 heterocycles. The number of unbranched alkanes of at least 4 members (excludes halogenated alkanes) is 1. The molecular formula is C13H21NO. The van der Waals surface area contributed by atoms with Crippen LogP contribution < -0.4 is 5.32 Å². The summed E-state index contributed by atoms with van der Waals surface area (Å²) < 4.78 is 0. The lowest BCUT2D eigenvalue weighted by Gasteiger charge is -2.06. The molecule has 0 spiro atoms. The van der Waals surface area contributed by atoms with Gasteiger partial charge in [-0.1, -0.05) is 25.5 Å². The number of hydrogen-bond donors (Lipinski definition) is 2. The van der Waals surface area contributed by atoms with Crippen LogP contribution >= 0.6 is 0 Å². The first kappa shape index (κ1) is 12.1. The van der Waals surface area contributed by atoms with Gasteiger partial charge in [-0.05, 0) is 37.0 Å². The first-order chi connectivity index (χ1) is 7.36. The van der Waals surface area contributed by atoms with E-state index in [1.165, 1.54) is 24.8 Å². The Morgan fingerprint density at radius 3 is 2.47 bits per heavy atom. The van der Waals surface area contributed by atoms with Crippen molar-refractivity contribution >= 4 is 5.69 Å². The Hall–Kier alpha value is -1.02. The van der Waals surface area contributed by atoms with Crippen molar-refractivity contribution in [2.24, 2.45) is 0 Å². The third-order valence-corrected chi connectivity index (χ3v) is 2.44. The standard InChI is InChI=1S/C13H21NO/c1-2-3-5-12-6-8-13(9-7-12)14-10-4-11-15/h6-9,14-15H,2-5,10-11H2,1H3. The van der Waals surface area contributed by atoms with Crippen LogP contribution in [0.5, 0.6) is 0 Å². The van der Waals surface area contributed by atoms with E-state index in [-0.39, 0.29) is 6.61 Å². The molecule has 15 heavy (non-hydrogen) atoms. The molecule has 0 aliphatic carbocycles. The van der Waals surface area contributed by atoms with Gasteiger partial charge in [-0.25, -0.2) is 0 Å². The van der Waals surface area contributed by atoms with Gasteiger partial charge >= 0.3 is 0 Å². The molecule has 0 unspecified atom stereocenters. The highest BCUT2D eigenvalue weighted by Gasteiger charge is 1.93. The van der Waals surface area contributed by atoms with Gasteiger partial charge in [0.1, 0.15) is 0 Å². The minimum absolute atomic E-state index is 0.252. The molecular weight excluding hydrogens is 186 g/mol. The van der Waals surface area contributed by atoms with Crippen molar-refractivity contribution in [3.8, 4) is 0 Å². The number of aryl methyl sites for hydroxylation is 1. The summed E-state index contributed by atoms with van der Waals surface area (Å²) in [5, 5.41) is 11.9. The minimum Gasteiger partial charge on any atom is -0.396 e. The Kier molecular flexibility index (Phi) is 5.86. The molecule has 0 aliphatic heterocycles. The van der Waals surface area contributed by atoms with E-state index in [0.29, 0.717) is 0 Å². The topological polar surface area (TPSA) is 32.3 Å². The molecule has 2 heteroatoms. The van der Waals surface area contributed by atoms with Gasteiger partial charge in [-0.15, -0.1) is 0 Å². The van der Waals surface area contributed by atoms with Crippen molar-refractivity contribution in [1.29, 1.82) is 0 Å². The molecule has 1 rings (SSSR count). The molecule has 84 valence electrons. The lowest BCUT2D eigenvalue weighted by Crippen LogP contribution is -2.03. The normalized spacial score (nSPS) is 10.3. The van der Waals surface area contributed by atoms with Gasteiger partial charge < -0.3 is 10.4 Å². The fourth-order valence-corrected chi connectivity index (χ4v) is 1.48. The lowest BCUT2D eigenvalue weighted by molar-refractivity contribution is 0.292. The Bertz CT molecular complexity index is 256. The van der Waals surface area contributed by atoms with E-state index >= 15 is 0 Å². The fraction of sp³-hybridized carbons (Fsp3) is 0.538. The molecule has 0 aromatic heterocycles. The number of rotatable bonds is 7. The van der Waals surface area contributed by atoms with Gasteiger partial charge in [0.2, 0.25) is 0 Å². The molecule has 0 saturated carbocycles. The highest BCUT2D eigenvalue weighted by molar-refractivity contribution is 5.44. The number of anilines is 1. The summed E-state index contributed by atoms with van der Waals surface area (Å²) in [5.74, 6) is 0. The molecule has 0 amide bonds. The smallest absolute Gasteiger partial charge is 0.0447 e. The molecule has 0 saturated heterocycles. The molecule has 0 atom stereocenters. The van der Waals surface area contributed by atoms with Crippen molar-refractivity contribution in [2.45, 2.75) is 32.6 Å². The van der Waals surface area contributed by atoms with Crippen LogP contribution in [0.2, 0.25) is 0 Å². The average molecular weight is 207 g/mol. The van der Waals surface area contributed by atoms with Crippen LogP contribution in [-0.4, -0.2) is 18.3 Å². The number of aliphatic hydroxyl groups is 1. The largest absolute Gasteiger partial charge is 0.396 e. The summed E-state index contributed by atoms with van der Waals surface area (Å²) in [6.07, 6.45) is 4.48. The Balaban J connectivity index is 2.35. The van der Waals surface area contributed by atoms with Crippen LogP contribution in [-0.2, 0) is 6.42 Å². The summed E-state index contributed by atoms with van der Waals surface area (Å²) >= 11 is 0. The molecule has 0 radical (unpaired) electrons. The summed E-state index contributed by atoms with van der Waals surface area (Å²) in [4.78, 5) is 0. The average Bonchev–Trinajstić information content (AvgIpc) is 2.28. The second-order valence-electron chi connectivity index (χ2n) is 3.80. The Morgan fingerprint density at radius 2 is 1.87 bits per heavy atom. The van der Waals surface area contributed by atoms with Crippen LogP contribution in [0, 0.1) is 0 Å². The number of aliphatic hydroxyl groups excluding tert-OH is 1. The second kappa shape index (κ2) is 7.30. The van der Waals surface area contributed by atoms with Crippen molar-refractivity contribution < 1.29 is 5.11 Å². The van der Waals surface area contributed by atoms with E-state index in [4.69, 9.17) is 5.11 Å². The summed E-state index contributed by atoms with van der Waals surface area (Å²) in [6, 6.07) is 8.58. The number of hydrogen-bond acceptors (Lipinski definition) is 2.